The number of pyridine rings is 1. The van der Waals surface area contributed by atoms with Crippen LogP contribution in [0.5, 0.6) is 0 Å². The molecule has 1 saturated heterocycles. The van der Waals surface area contributed by atoms with Gasteiger partial charge >= 0.3 is 0 Å². The molecule has 0 saturated carbocycles. The van der Waals surface area contributed by atoms with E-state index in [1.165, 1.54) is 23.6 Å². The summed E-state index contributed by atoms with van der Waals surface area (Å²) in [5.41, 5.74) is 1.20. The summed E-state index contributed by atoms with van der Waals surface area (Å²) in [6.45, 7) is 0. The van der Waals surface area contributed by atoms with Gasteiger partial charge in [0.1, 0.15) is 0 Å². The molecule has 2 nitrogen and oxygen atoms in total. The number of thioether (sulfide) groups is 1. The molecule has 1 aliphatic heterocycles. The zero-order chi connectivity index (χ0) is 9.97. The van der Waals surface area contributed by atoms with Crippen LogP contribution < -0.4 is 4.90 Å². The summed E-state index contributed by atoms with van der Waals surface area (Å²) in [4.78, 5) is 6.51. The number of aromatic nitrogens is 1. The number of nitrogens with zero attached hydrogens (tertiary/aromatic N) is 2. The number of rotatable bonds is 2. The minimum Gasteiger partial charge on any atom is -0.369 e. The van der Waals surface area contributed by atoms with E-state index in [2.05, 4.69) is 38.9 Å². The minimum atomic E-state index is 0.677. The molecule has 0 aliphatic carbocycles. The van der Waals surface area contributed by atoms with Crippen LogP contribution in [0.3, 0.4) is 0 Å². The van der Waals surface area contributed by atoms with E-state index in [0.29, 0.717) is 6.04 Å². The van der Waals surface area contributed by atoms with Crippen molar-refractivity contribution in [3.05, 3.63) is 22.9 Å². The fourth-order valence-corrected chi connectivity index (χ4v) is 3.25. The van der Waals surface area contributed by atoms with E-state index in [9.17, 15) is 0 Å². The average Bonchev–Trinajstić information content (AvgIpc) is 2.69. The Morgan fingerprint density at radius 2 is 2.43 bits per heavy atom. The number of hydrogen-bond acceptors (Lipinski definition) is 3. The van der Waals surface area contributed by atoms with Gasteiger partial charge in [-0.15, -0.1) is 0 Å². The maximum absolute atomic E-state index is 4.18. The van der Waals surface area contributed by atoms with Crippen LogP contribution in [0.1, 0.15) is 6.42 Å². The Morgan fingerprint density at radius 1 is 1.57 bits per heavy atom. The van der Waals surface area contributed by atoms with Crippen LogP contribution in [0.25, 0.3) is 0 Å². The van der Waals surface area contributed by atoms with Crippen LogP contribution >= 0.6 is 27.7 Å². The van der Waals surface area contributed by atoms with E-state index in [1.807, 2.05) is 24.2 Å². The molecule has 0 amide bonds. The molecular formula is C10H13BrN2S. The van der Waals surface area contributed by atoms with Crippen molar-refractivity contribution in [2.75, 3.05) is 23.5 Å². The molecule has 1 aliphatic rings. The Morgan fingerprint density at radius 3 is 3.07 bits per heavy atom. The third kappa shape index (κ3) is 2.23. The monoisotopic (exact) mass is 272 g/mol. The van der Waals surface area contributed by atoms with Crippen LogP contribution in [-0.2, 0) is 0 Å². The van der Waals surface area contributed by atoms with Crippen molar-refractivity contribution in [2.24, 2.45) is 0 Å². The summed E-state index contributed by atoms with van der Waals surface area (Å²) in [6, 6.07) is 2.80. The first-order valence-electron chi connectivity index (χ1n) is 4.68. The van der Waals surface area contributed by atoms with Crippen LogP contribution in [-0.4, -0.2) is 29.6 Å². The maximum atomic E-state index is 4.18. The highest BCUT2D eigenvalue weighted by molar-refractivity contribution is 9.10. The van der Waals surface area contributed by atoms with Crippen molar-refractivity contribution in [3.63, 3.8) is 0 Å². The molecule has 0 N–H and O–H groups in total. The second-order valence-corrected chi connectivity index (χ2v) is 5.56. The van der Waals surface area contributed by atoms with Crippen molar-refractivity contribution in [1.29, 1.82) is 0 Å². The summed E-state index contributed by atoms with van der Waals surface area (Å²) < 4.78 is 1.05. The van der Waals surface area contributed by atoms with Gasteiger partial charge in [0.15, 0.2) is 0 Å². The van der Waals surface area contributed by atoms with Crippen molar-refractivity contribution in [2.45, 2.75) is 12.5 Å². The molecule has 1 aromatic heterocycles. The lowest BCUT2D eigenvalue weighted by molar-refractivity contribution is 0.698. The van der Waals surface area contributed by atoms with Crippen molar-refractivity contribution < 1.29 is 0 Å². The predicted octanol–water partition coefficient (Wildman–Crippen LogP) is 2.79. The summed E-state index contributed by atoms with van der Waals surface area (Å²) in [5.74, 6) is 2.53. The normalized spacial score (nSPS) is 21.1. The Labute approximate surface area is 97.2 Å². The van der Waals surface area contributed by atoms with Gasteiger partial charge < -0.3 is 4.90 Å². The van der Waals surface area contributed by atoms with Gasteiger partial charge in [-0.05, 0) is 34.2 Å². The highest BCUT2D eigenvalue weighted by Crippen LogP contribution is 2.26. The topological polar surface area (TPSA) is 16.1 Å². The van der Waals surface area contributed by atoms with Crippen LogP contribution in [0, 0.1) is 0 Å². The van der Waals surface area contributed by atoms with E-state index in [0.717, 1.165) is 4.47 Å². The molecule has 76 valence electrons. The molecule has 14 heavy (non-hydrogen) atoms. The Kier molecular flexibility index (Phi) is 3.34. The molecule has 2 heterocycles. The van der Waals surface area contributed by atoms with E-state index < -0.39 is 0 Å². The molecule has 2 rings (SSSR count). The molecule has 1 fully saturated rings. The zero-order valence-corrected chi connectivity index (χ0v) is 10.5. The lowest BCUT2D eigenvalue weighted by atomic mass is 10.2. The quantitative estimate of drug-likeness (QED) is 0.824. The van der Waals surface area contributed by atoms with E-state index in [-0.39, 0.29) is 0 Å². The molecule has 0 bridgehead atoms. The van der Waals surface area contributed by atoms with Gasteiger partial charge in [0.2, 0.25) is 0 Å². The summed E-state index contributed by atoms with van der Waals surface area (Å²) >= 11 is 5.48. The first-order valence-corrected chi connectivity index (χ1v) is 6.63. The maximum Gasteiger partial charge on any atom is 0.0564 e. The average molecular weight is 273 g/mol. The molecule has 1 atom stereocenters. The van der Waals surface area contributed by atoms with Crippen LogP contribution in [0.2, 0.25) is 0 Å². The number of halogens is 1. The summed E-state index contributed by atoms with van der Waals surface area (Å²) in [7, 11) is 2.15. The second kappa shape index (κ2) is 4.53. The largest absolute Gasteiger partial charge is 0.369 e. The Bertz CT molecular complexity index is 313. The van der Waals surface area contributed by atoms with Gasteiger partial charge in [0.25, 0.3) is 0 Å². The van der Waals surface area contributed by atoms with E-state index in [4.69, 9.17) is 0 Å². The Balaban J connectivity index is 2.13. The number of hydrogen-bond donors (Lipinski definition) is 0. The van der Waals surface area contributed by atoms with Gasteiger partial charge in [-0.2, -0.15) is 11.8 Å². The third-order valence-corrected chi connectivity index (χ3v) is 4.13. The van der Waals surface area contributed by atoms with Gasteiger partial charge in [-0.1, -0.05) is 0 Å². The standard InChI is InChI=1S/C10H13BrN2S/c1-13(9-2-3-14-7-9)10-4-8(11)5-12-6-10/h4-6,9H,2-3,7H2,1H3. The predicted molar refractivity (Wildman–Crippen MR) is 66.1 cm³/mol. The van der Waals surface area contributed by atoms with E-state index >= 15 is 0 Å². The highest BCUT2D eigenvalue weighted by Gasteiger charge is 2.20. The molecule has 0 spiro atoms. The minimum absolute atomic E-state index is 0.677. The highest BCUT2D eigenvalue weighted by atomic mass is 79.9. The number of anilines is 1. The van der Waals surface area contributed by atoms with Crippen LogP contribution in [0.15, 0.2) is 22.9 Å². The van der Waals surface area contributed by atoms with Gasteiger partial charge in [0, 0.05) is 29.5 Å². The first-order chi connectivity index (χ1) is 6.77. The molecule has 4 heteroatoms. The molecule has 0 aromatic carbocycles. The van der Waals surface area contributed by atoms with E-state index in [1.54, 1.807) is 0 Å². The zero-order valence-electron chi connectivity index (χ0n) is 8.11. The van der Waals surface area contributed by atoms with Crippen molar-refractivity contribution in [3.8, 4) is 0 Å². The lowest BCUT2D eigenvalue weighted by Crippen LogP contribution is -2.31. The van der Waals surface area contributed by atoms with Crippen LogP contribution in [0.4, 0.5) is 5.69 Å². The molecule has 1 aromatic rings. The summed E-state index contributed by atoms with van der Waals surface area (Å²) in [6.07, 6.45) is 5.03. The van der Waals surface area contributed by atoms with Gasteiger partial charge in [-0.3, -0.25) is 4.98 Å². The Hall–Kier alpha value is -0.220. The van der Waals surface area contributed by atoms with Crippen molar-refractivity contribution >= 4 is 33.4 Å². The van der Waals surface area contributed by atoms with Gasteiger partial charge in [-0.25, -0.2) is 0 Å². The molecule has 1 unspecified atom stereocenters. The fourth-order valence-electron chi connectivity index (χ4n) is 1.63. The smallest absolute Gasteiger partial charge is 0.0564 e. The third-order valence-electron chi connectivity index (χ3n) is 2.55. The molecule has 0 radical (unpaired) electrons. The van der Waals surface area contributed by atoms with Gasteiger partial charge in [0.05, 0.1) is 11.9 Å². The van der Waals surface area contributed by atoms with Crippen molar-refractivity contribution in [1.82, 2.24) is 4.98 Å². The fraction of sp³-hybridized carbons (Fsp3) is 0.500. The first kappa shape index (κ1) is 10.3. The lowest BCUT2D eigenvalue weighted by Gasteiger charge is -2.25. The SMILES string of the molecule is CN(c1cncc(Br)c1)C1CCSC1. The molecular weight excluding hydrogens is 260 g/mol. The summed E-state index contributed by atoms with van der Waals surface area (Å²) in [5, 5.41) is 0. The second-order valence-electron chi connectivity index (χ2n) is 3.49.